The molecule has 0 spiro atoms. The molecule has 0 unspecified atom stereocenters. The Morgan fingerprint density at radius 3 is 2.27 bits per heavy atom. The number of benzene rings is 1. The summed E-state index contributed by atoms with van der Waals surface area (Å²) in [5.41, 5.74) is 1.33. The van der Waals surface area contributed by atoms with Gasteiger partial charge in [0.25, 0.3) is 0 Å². The summed E-state index contributed by atoms with van der Waals surface area (Å²) in [5.74, 6) is -1.75. The van der Waals surface area contributed by atoms with E-state index in [2.05, 4.69) is 10.1 Å². The third kappa shape index (κ3) is 6.83. The highest BCUT2D eigenvalue weighted by Crippen LogP contribution is 2.25. The number of carbonyl (C=O) groups excluding carboxylic acids is 1. The van der Waals surface area contributed by atoms with E-state index in [-0.39, 0.29) is 18.9 Å². The van der Waals surface area contributed by atoms with Gasteiger partial charge in [-0.25, -0.2) is 4.39 Å². The first kappa shape index (κ1) is 23.9. The van der Waals surface area contributed by atoms with Crippen molar-refractivity contribution in [3.8, 4) is 11.3 Å². The fourth-order valence-electron chi connectivity index (χ4n) is 3.26. The second kappa shape index (κ2) is 11.1. The van der Waals surface area contributed by atoms with Gasteiger partial charge in [0.2, 0.25) is 0 Å². The van der Waals surface area contributed by atoms with Crippen molar-refractivity contribution in [2.24, 2.45) is 0 Å². The highest BCUT2D eigenvalue weighted by Gasteiger charge is 2.42. The molecule has 166 valence electrons. The molecule has 1 heterocycles. The number of amides is 1. The number of hydrogen-bond donors (Lipinski definition) is 0. The largest absolute Gasteiger partial charge is 0.471 e. The van der Waals surface area contributed by atoms with Crippen molar-refractivity contribution in [1.82, 2.24) is 15.0 Å². The van der Waals surface area contributed by atoms with Crippen LogP contribution in [0, 0.1) is 5.82 Å². The molecule has 0 fully saturated rings. The maximum absolute atomic E-state index is 13.1. The van der Waals surface area contributed by atoms with E-state index < -0.39 is 12.1 Å². The minimum Gasteiger partial charge on any atom is -0.356 e. The molecule has 1 aromatic carbocycles. The van der Waals surface area contributed by atoms with E-state index in [1.165, 1.54) is 18.3 Å². The fourth-order valence-corrected chi connectivity index (χ4v) is 3.26. The standard InChI is InChI=1S/C21H27F4N3O2/c1-3-27(4-2)12-6-14-28(20(29)21(23,24)25)13-5-7-17-15-26-30-19(17)16-8-10-18(22)11-9-16/h8-11,15H,3-7,12-14H2,1-2H3. The summed E-state index contributed by atoms with van der Waals surface area (Å²) < 4.78 is 57.3. The number of aryl methyl sites for hydroxylation is 1. The van der Waals surface area contributed by atoms with Crippen LogP contribution in [0.25, 0.3) is 11.3 Å². The molecule has 9 heteroatoms. The Morgan fingerprint density at radius 1 is 1.03 bits per heavy atom. The maximum atomic E-state index is 13.1. The van der Waals surface area contributed by atoms with Gasteiger partial charge in [0.05, 0.1) is 6.20 Å². The van der Waals surface area contributed by atoms with E-state index >= 15 is 0 Å². The lowest BCUT2D eigenvalue weighted by atomic mass is 10.1. The fraction of sp³-hybridized carbons (Fsp3) is 0.524. The molecule has 1 aromatic heterocycles. The lowest BCUT2D eigenvalue weighted by Crippen LogP contribution is -2.43. The van der Waals surface area contributed by atoms with E-state index in [0.29, 0.717) is 42.7 Å². The molecule has 1 amide bonds. The van der Waals surface area contributed by atoms with Crippen molar-refractivity contribution >= 4 is 5.91 Å². The molecule has 5 nitrogen and oxygen atoms in total. The van der Waals surface area contributed by atoms with E-state index in [9.17, 15) is 22.4 Å². The molecule has 0 aliphatic heterocycles. The summed E-state index contributed by atoms with van der Waals surface area (Å²) in [6.07, 6.45) is -2.23. The van der Waals surface area contributed by atoms with Gasteiger partial charge in [-0.05, 0) is 63.2 Å². The molecule has 2 rings (SSSR count). The number of alkyl halides is 3. The SMILES string of the molecule is CCN(CC)CCCN(CCCc1cnoc1-c1ccc(F)cc1)C(=O)C(F)(F)F. The number of aromatic nitrogens is 1. The second-order valence-electron chi connectivity index (χ2n) is 6.96. The quantitative estimate of drug-likeness (QED) is 0.493. The lowest BCUT2D eigenvalue weighted by Gasteiger charge is -2.25. The Kier molecular flexibility index (Phi) is 8.83. The van der Waals surface area contributed by atoms with Crippen LogP contribution in [0.2, 0.25) is 0 Å². The highest BCUT2D eigenvalue weighted by molar-refractivity contribution is 5.81. The van der Waals surface area contributed by atoms with Crippen LogP contribution in [0.5, 0.6) is 0 Å². The number of halogens is 4. The number of rotatable bonds is 11. The zero-order valence-electron chi connectivity index (χ0n) is 17.2. The van der Waals surface area contributed by atoms with Crippen LogP contribution >= 0.6 is 0 Å². The number of hydrogen-bond acceptors (Lipinski definition) is 4. The third-order valence-electron chi connectivity index (χ3n) is 4.95. The van der Waals surface area contributed by atoms with Crippen molar-refractivity contribution in [1.29, 1.82) is 0 Å². The Morgan fingerprint density at radius 2 is 1.67 bits per heavy atom. The summed E-state index contributed by atoms with van der Waals surface area (Å²) >= 11 is 0. The van der Waals surface area contributed by atoms with Gasteiger partial charge in [0, 0.05) is 24.2 Å². The first-order valence-corrected chi connectivity index (χ1v) is 10.0. The van der Waals surface area contributed by atoms with Crippen LogP contribution < -0.4 is 0 Å². The first-order valence-electron chi connectivity index (χ1n) is 10.0. The van der Waals surface area contributed by atoms with Gasteiger partial charge in [0.15, 0.2) is 5.76 Å². The predicted octanol–water partition coefficient (Wildman–Crippen LogP) is 4.54. The van der Waals surface area contributed by atoms with Crippen molar-refractivity contribution in [3.63, 3.8) is 0 Å². The van der Waals surface area contributed by atoms with Crippen LogP contribution in [0.3, 0.4) is 0 Å². The van der Waals surface area contributed by atoms with Crippen LogP contribution in [-0.4, -0.2) is 59.8 Å². The molecule has 0 bridgehead atoms. The Labute approximate surface area is 173 Å². The van der Waals surface area contributed by atoms with Gasteiger partial charge in [-0.15, -0.1) is 0 Å². The summed E-state index contributed by atoms with van der Waals surface area (Å²) in [6.45, 7) is 6.25. The highest BCUT2D eigenvalue weighted by atomic mass is 19.4. The van der Waals surface area contributed by atoms with Gasteiger partial charge >= 0.3 is 12.1 Å². The molecule has 30 heavy (non-hydrogen) atoms. The van der Waals surface area contributed by atoms with E-state index in [0.717, 1.165) is 18.0 Å². The minimum absolute atomic E-state index is 0.0232. The average Bonchev–Trinajstić information content (AvgIpc) is 3.17. The van der Waals surface area contributed by atoms with E-state index in [4.69, 9.17) is 4.52 Å². The van der Waals surface area contributed by atoms with Crippen molar-refractivity contribution in [3.05, 3.63) is 41.8 Å². The zero-order chi connectivity index (χ0) is 22.1. The van der Waals surface area contributed by atoms with Crippen LogP contribution in [0.1, 0.15) is 32.3 Å². The molecule has 2 aromatic rings. The predicted molar refractivity (Wildman–Crippen MR) is 105 cm³/mol. The zero-order valence-corrected chi connectivity index (χ0v) is 17.2. The van der Waals surface area contributed by atoms with Gasteiger partial charge in [-0.1, -0.05) is 19.0 Å². The number of nitrogens with zero attached hydrogens (tertiary/aromatic N) is 3. The molecule has 0 radical (unpaired) electrons. The van der Waals surface area contributed by atoms with Gasteiger partial charge in [0.1, 0.15) is 5.82 Å². The molecule has 0 aliphatic rings. The van der Waals surface area contributed by atoms with Crippen molar-refractivity contribution in [2.75, 3.05) is 32.7 Å². The second-order valence-corrected chi connectivity index (χ2v) is 6.96. The topological polar surface area (TPSA) is 49.6 Å². The lowest BCUT2D eigenvalue weighted by molar-refractivity contribution is -0.185. The summed E-state index contributed by atoms with van der Waals surface area (Å²) in [5, 5.41) is 3.75. The van der Waals surface area contributed by atoms with Crippen LogP contribution in [0.15, 0.2) is 35.0 Å². The first-order chi connectivity index (χ1) is 14.3. The molecular weight excluding hydrogens is 402 g/mol. The Bertz CT molecular complexity index is 786. The Balaban J connectivity index is 1.98. The third-order valence-corrected chi connectivity index (χ3v) is 4.95. The molecule has 0 saturated heterocycles. The average molecular weight is 429 g/mol. The van der Waals surface area contributed by atoms with E-state index in [1.807, 2.05) is 13.8 Å². The normalized spacial score (nSPS) is 11.8. The molecule has 0 aliphatic carbocycles. The summed E-state index contributed by atoms with van der Waals surface area (Å²) in [6, 6.07) is 5.68. The monoisotopic (exact) mass is 429 g/mol. The summed E-state index contributed by atoms with van der Waals surface area (Å²) in [7, 11) is 0. The van der Waals surface area contributed by atoms with Crippen LogP contribution in [0.4, 0.5) is 17.6 Å². The van der Waals surface area contributed by atoms with Crippen molar-refractivity contribution < 1.29 is 26.9 Å². The molecule has 0 atom stereocenters. The van der Waals surface area contributed by atoms with Gasteiger partial charge in [-0.3, -0.25) is 4.79 Å². The summed E-state index contributed by atoms with van der Waals surface area (Å²) in [4.78, 5) is 14.8. The molecule has 0 N–H and O–H groups in total. The minimum atomic E-state index is -4.90. The number of carbonyl (C=O) groups is 1. The smallest absolute Gasteiger partial charge is 0.356 e. The maximum Gasteiger partial charge on any atom is 0.471 e. The van der Waals surface area contributed by atoms with Crippen molar-refractivity contribution in [2.45, 2.75) is 39.3 Å². The van der Waals surface area contributed by atoms with E-state index in [1.54, 1.807) is 12.1 Å². The van der Waals surface area contributed by atoms with Gasteiger partial charge in [-0.2, -0.15) is 13.2 Å². The van der Waals surface area contributed by atoms with Gasteiger partial charge < -0.3 is 14.3 Å². The molecular formula is C21H27F4N3O2. The molecule has 0 saturated carbocycles. The van der Waals surface area contributed by atoms with Crippen LogP contribution in [-0.2, 0) is 11.2 Å². The Hall–Kier alpha value is -2.42.